The zero-order chi connectivity index (χ0) is 14.5. The number of benzene rings is 1. The molecule has 110 valence electrons. The maximum atomic E-state index is 12.3. The van der Waals surface area contributed by atoms with Crippen molar-refractivity contribution in [1.82, 2.24) is 10.2 Å². The van der Waals surface area contributed by atoms with Crippen molar-refractivity contribution in [3.05, 3.63) is 35.4 Å². The van der Waals surface area contributed by atoms with E-state index in [2.05, 4.69) is 43.4 Å². The van der Waals surface area contributed by atoms with Crippen LogP contribution >= 0.6 is 0 Å². The molecule has 1 fully saturated rings. The third kappa shape index (κ3) is 4.07. The molecule has 1 atom stereocenters. The molecule has 0 bridgehead atoms. The number of rotatable bonds is 5. The Morgan fingerprint density at radius 2 is 1.95 bits per heavy atom. The van der Waals surface area contributed by atoms with Crippen LogP contribution in [0, 0.1) is 5.92 Å². The summed E-state index contributed by atoms with van der Waals surface area (Å²) in [5.41, 5.74) is 2.46. The molecule has 1 aromatic carbocycles. The zero-order valence-corrected chi connectivity index (χ0v) is 12.9. The molecule has 0 spiro atoms. The fraction of sp³-hybridized carbons (Fsp3) is 0.588. The van der Waals surface area contributed by atoms with Gasteiger partial charge < -0.3 is 10.2 Å². The molecule has 0 aromatic heterocycles. The third-order valence-electron chi connectivity index (χ3n) is 4.00. The fourth-order valence-corrected chi connectivity index (χ4v) is 2.74. The summed E-state index contributed by atoms with van der Waals surface area (Å²) in [6, 6.07) is 8.86. The van der Waals surface area contributed by atoms with Crippen LogP contribution in [0.1, 0.15) is 31.4 Å². The van der Waals surface area contributed by atoms with Gasteiger partial charge in [-0.1, -0.05) is 38.1 Å². The van der Waals surface area contributed by atoms with Gasteiger partial charge in [0.25, 0.3) is 0 Å². The first-order chi connectivity index (χ1) is 9.56. The summed E-state index contributed by atoms with van der Waals surface area (Å²) in [7, 11) is 1.92. The number of carbonyl (C=O) groups is 1. The Balaban J connectivity index is 1.90. The van der Waals surface area contributed by atoms with E-state index in [9.17, 15) is 4.79 Å². The van der Waals surface area contributed by atoms with Crippen LogP contribution in [0.2, 0.25) is 0 Å². The highest BCUT2D eigenvalue weighted by Crippen LogP contribution is 2.12. The largest absolute Gasteiger partial charge is 0.341 e. The van der Waals surface area contributed by atoms with Crippen LogP contribution in [0.25, 0.3) is 0 Å². The minimum absolute atomic E-state index is 0.218. The zero-order valence-electron chi connectivity index (χ0n) is 12.9. The molecule has 3 heteroatoms. The number of amides is 1. The molecule has 1 amide bonds. The Labute approximate surface area is 122 Å². The molecule has 1 unspecified atom stereocenters. The van der Waals surface area contributed by atoms with Gasteiger partial charge in [-0.05, 0) is 36.4 Å². The van der Waals surface area contributed by atoms with Crippen LogP contribution < -0.4 is 5.32 Å². The lowest BCUT2D eigenvalue weighted by Gasteiger charge is -2.23. The topological polar surface area (TPSA) is 32.3 Å². The van der Waals surface area contributed by atoms with E-state index in [4.69, 9.17) is 0 Å². The second-order valence-corrected chi connectivity index (χ2v) is 6.24. The van der Waals surface area contributed by atoms with E-state index >= 15 is 0 Å². The first kappa shape index (κ1) is 15.0. The second-order valence-electron chi connectivity index (χ2n) is 6.24. The minimum Gasteiger partial charge on any atom is -0.341 e. The summed E-state index contributed by atoms with van der Waals surface area (Å²) in [5, 5.41) is 3.30. The van der Waals surface area contributed by atoms with Crippen LogP contribution in [0.15, 0.2) is 24.3 Å². The van der Waals surface area contributed by atoms with Crippen molar-refractivity contribution in [1.29, 1.82) is 0 Å². The van der Waals surface area contributed by atoms with E-state index in [0.717, 1.165) is 31.5 Å². The molecular formula is C17H26N2O. The Kier molecular flexibility index (Phi) is 5.18. The van der Waals surface area contributed by atoms with Gasteiger partial charge in [0.15, 0.2) is 0 Å². The SMILES string of the molecule is CC(C)Cc1ccc(CC(=O)N(C)C2CCNC2)cc1. The average Bonchev–Trinajstić information content (AvgIpc) is 2.93. The molecule has 20 heavy (non-hydrogen) atoms. The number of hydrogen-bond acceptors (Lipinski definition) is 2. The van der Waals surface area contributed by atoms with Crippen molar-refractivity contribution in [3.63, 3.8) is 0 Å². The van der Waals surface area contributed by atoms with Gasteiger partial charge in [0, 0.05) is 19.6 Å². The van der Waals surface area contributed by atoms with Crippen LogP contribution in [0.3, 0.4) is 0 Å². The van der Waals surface area contributed by atoms with E-state index in [1.807, 2.05) is 11.9 Å². The predicted octanol–water partition coefficient (Wildman–Crippen LogP) is 2.25. The Morgan fingerprint density at radius 3 is 2.50 bits per heavy atom. The Bertz CT molecular complexity index is 433. The number of hydrogen-bond donors (Lipinski definition) is 1. The number of nitrogens with zero attached hydrogens (tertiary/aromatic N) is 1. The molecule has 1 N–H and O–H groups in total. The van der Waals surface area contributed by atoms with Crippen molar-refractivity contribution >= 4 is 5.91 Å². The van der Waals surface area contributed by atoms with Crippen molar-refractivity contribution in [3.8, 4) is 0 Å². The van der Waals surface area contributed by atoms with Crippen LogP contribution in [0.5, 0.6) is 0 Å². The van der Waals surface area contributed by atoms with Crippen molar-refractivity contribution in [2.75, 3.05) is 20.1 Å². The lowest BCUT2D eigenvalue weighted by Crippen LogP contribution is -2.39. The average molecular weight is 274 g/mol. The van der Waals surface area contributed by atoms with Crippen molar-refractivity contribution in [2.24, 2.45) is 5.92 Å². The summed E-state index contributed by atoms with van der Waals surface area (Å²) in [4.78, 5) is 14.2. The highest BCUT2D eigenvalue weighted by molar-refractivity contribution is 5.78. The highest BCUT2D eigenvalue weighted by Gasteiger charge is 2.22. The standard InChI is InChI=1S/C17H26N2O/c1-13(2)10-14-4-6-15(7-5-14)11-17(20)19(3)16-8-9-18-12-16/h4-7,13,16,18H,8-12H2,1-3H3. The summed E-state index contributed by atoms with van der Waals surface area (Å²) >= 11 is 0. The second kappa shape index (κ2) is 6.89. The Morgan fingerprint density at radius 1 is 1.30 bits per heavy atom. The van der Waals surface area contributed by atoms with Crippen molar-refractivity contribution < 1.29 is 4.79 Å². The molecule has 0 saturated carbocycles. The first-order valence-electron chi connectivity index (χ1n) is 7.60. The van der Waals surface area contributed by atoms with Crippen molar-refractivity contribution in [2.45, 2.75) is 39.2 Å². The first-order valence-corrected chi connectivity index (χ1v) is 7.60. The van der Waals surface area contributed by atoms with Gasteiger partial charge in [0.2, 0.25) is 5.91 Å². The van der Waals surface area contributed by atoms with Gasteiger partial charge in [0.05, 0.1) is 6.42 Å². The van der Waals surface area contributed by atoms with Gasteiger partial charge in [-0.15, -0.1) is 0 Å². The molecule has 0 aliphatic carbocycles. The highest BCUT2D eigenvalue weighted by atomic mass is 16.2. The van der Waals surface area contributed by atoms with Gasteiger partial charge in [-0.2, -0.15) is 0 Å². The molecule has 3 nitrogen and oxygen atoms in total. The summed E-state index contributed by atoms with van der Waals surface area (Å²) in [5.74, 6) is 0.888. The fourth-order valence-electron chi connectivity index (χ4n) is 2.74. The van der Waals surface area contributed by atoms with Gasteiger partial charge in [0.1, 0.15) is 0 Å². The maximum absolute atomic E-state index is 12.3. The van der Waals surface area contributed by atoms with Crippen LogP contribution in [-0.4, -0.2) is 37.0 Å². The van der Waals surface area contributed by atoms with E-state index in [1.165, 1.54) is 5.56 Å². The quantitative estimate of drug-likeness (QED) is 0.893. The van der Waals surface area contributed by atoms with E-state index in [-0.39, 0.29) is 5.91 Å². The lowest BCUT2D eigenvalue weighted by atomic mass is 10.0. The predicted molar refractivity (Wildman–Crippen MR) is 82.7 cm³/mol. The molecule has 1 heterocycles. The third-order valence-corrected chi connectivity index (χ3v) is 4.00. The molecule has 1 saturated heterocycles. The van der Waals surface area contributed by atoms with E-state index in [1.54, 1.807) is 0 Å². The molecule has 2 rings (SSSR count). The van der Waals surface area contributed by atoms with Crippen LogP contribution in [-0.2, 0) is 17.6 Å². The molecule has 1 aliphatic rings. The Hall–Kier alpha value is -1.35. The molecule has 0 radical (unpaired) electrons. The number of nitrogens with one attached hydrogen (secondary N) is 1. The molecule has 1 aliphatic heterocycles. The summed E-state index contributed by atoms with van der Waals surface area (Å²) in [6.45, 7) is 6.39. The summed E-state index contributed by atoms with van der Waals surface area (Å²) < 4.78 is 0. The molecule has 1 aromatic rings. The smallest absolute Gasteiger partial charge is 0.227 e. The van der Waals surface area contributed by atoms with Crippen LogP contribution in [0.4, 0.5) is 0 Å². The van der Waals surface area contributed by atoms with Gasteiger partial charge in [-0.25, -0.2) is 0 Å². The van der Waals surface area contributed by atoms with E-state index in [0.29, 0.717) is 18.4 Å². The molecular weight excluding hydrogens is 248 g/mol. The monoisotopic (exact) mass is 274 g/mol. The normalized spacial score (nSPS) is 18.5. The minimum atomic E-state index is 0.218. The van der Waals surface area contributed by atoms with E-state index < -0.39 is 0 Å². The van der Waals surface area contributed by atoms with Gasteiger partial charge >= 0.3 is 0 Å². The number of likely N-dealkylation sites (N-methyl/N-ethyl adjacent to an activating group) is 1. The number of carbonyl (C=O) groups excluding carboxylic acids is 1. The maximum Gasteiger partial charge on any atom is 0.227 e. The van der Waals surface area contributed by atoms with Gasteiger partial charge in [-0.3, -0.25) is 4.79 Å². The lowest BCUT2D eigenvalue weighted by molar-refractivity contribution is -0.130. The summed E-state index contributed by atoms with van der Waals surface area (Å²) in [6.07, 6.45) is 2.67.